The Balaban J connectivity index is 1.97. The van der Waals surface area contributed by atoms with E-state index in [1.165, 1.54) is 0 Å². The standard InChI is InChI=1S/C15H18N4O/c1-10-13(9-18-19(10)2)11-4-3-5-12(8-11)14-15(20)17-7-6-16-14/h3-5,8-9,14,16H,6-7H2,1-2H3,(H,17,20). The SMILES string of the molecule is Cc1c(-c2cccc(C3NCCNC3=O)c2)cnn1C. The lowest BCUT2D eigenvalue weighted by atomic mass is 9.98. The molecule has 1 atom stereocenters. The maximum atomic E-state index is 11.9. The van der Waals surface area contributed by atoms with Crippen molar-refractivity contribution in [1.29, 1.82) is 0 Å². The smallest absolute Gasteiger partial charge is 0.241 e. The van der Waals surface area contributed by atoms with Gasteiger partial charge in [-0.15, -0.1) is 0 Å². The quantitative estimate of drug-likeness (QED) is 0.861. The molecular formula is C15H18N4O. The number of carbonyl (C=O) groups is 1. The number of hydrogen-bond donors (Lipinski definition) is 2. The number of carbonyl (C=O) groups excluding carboxylic acids is 1. The highest BCUT2D eigenvalue weighted by molar-refractivity contribution is 5.84. The number of aryl methyl sites for hydroxylation is 1. The summed E-state index contributed by atoms with van der Waals surface area (Å²) in [7, 11) is 1.93. The van der Waals surface area contributed by atoms with Crippen LogP contribution in [0.15, 0.2) is 30.5 Å². The molecule has 20 heavy (non-hydrogen) atoms. The molecule has 1 amide bonds. The summed E-state index contributed by atoms with van der Waals surface area (Å²) >= 11 is 0. The molecule has 1 aromatic carbocycles. The van der Waals surface area contributed by atoms with Crippen LogP contribution in [0.3, 0.4) is 0 Å². The van der Waals surface area contributed by atoms with Crippen molar-refractivity contribution in [2.24, 2.45) is 7.05 Å². The second-order valence-electron chi connectivity index (χ2n) is 5.07. The first-order chi connectivity index (χ1) is 9.66. The zero-order valence-corrected chi connectivity index (χ0v) is 11.7. The van der Waals surface area contributed by atoms with E-state index in [4.69, 9.17) is 0 Å². The Morgan fingerprint density at radius 3 is 2.90 bits per heavy atom. The summed E-state index contributed by atoms with van der Waals surface area (Å²) < 4.78 is 1.85. The van der Waals surface area contributed by atoms with Gasteiger partial charge in [0.2, 0.25) is 5.91 Å². The summed E-state index contributed by atoms with van der Waals surface area (Å²) in [5, 5.41) is 10.4. The van der Waals surface area contributed by atoms with Crippen molar-refractivity contribution in [3.63, 3.8) is 0 Å². The predicted molar refractivity (Wildman–Crippen MR) is 77.1 cm³/mol. The van der Waals surface area contributed by atoms with Crippen molar-refractivity contribution in [2.75, 3.05) is 13.1 Å². The van der Waals surface area contributed by atoms with Gasteiger partial charge in [0, 0.05) is 31.4 Å². The van der Waals surface area contributed by atoms with E-state index in [-0.39, 0.29) is 11.9 Å². The minimum atomic E-state index is -0.263. The van der Waals surface area contributed by atoms with E-state index in [9.17, 15) is 4.79 Å². The van der Waals surface area contributed by atoms with Gasteiger partial charge in [-0.3, -0.25) is 9.48 Å². The van der Waals surface area contributed by atoms with Gasteiger partial charge in [-0.25, -0.2) is 0 Å². The number of aromatic nitrogens is 2. The minimum absolute atomic E-state index is 0.0382. The summed E-state index contributed by atoms with van der Waals surface area (Å²) in [4.78, 5) is 11.9. The molecule has 2 aromatic rings. The Kier molecular flexibility index (Phi) is 3.28. The molecule has 3 rings (SSSR count). The fraction of sp³-hybridized carbons (Fsp3) is 0.333. The van der Waals surface area contributed by atoms with E-state index < -0.39 is 0 Å². The van der Waals surface area contributed by atoms with Crippen LogP contribution in [0.5, 0.6) is 0 Å². The largest absolute Gasteiger partial charge is 0.353 e. The number of nitrogens with zero attached hydrogens (tertiary/aromatic N) is 2. The van der Waals surface area contributed by atoms with Crippen molar-refractivity contribution in [3.05, 3.63) is 41.7 Å². The van der Waals surface area contributed by atoms with Gasteiger partial charge in [0.1, 0.15) is 6.04 Å². The molecule has 0 aliphatic carbocycles. The van der Waals surface area contributed by atoms with E-state index in [0.29, 0.717) is 6.54 Å². The zero-order chi connectivity index (χ0) is 14.1. The van der Waals surface area contributed by atoms with E-state index in [2.05, 4.69) is 21.8 Å². The van der Waals surface area contributed by atoms with Gasteiger partial charge in [0.05, 0.1) is 6.20 Å². The fourth-order valence-corrected chi connectivity index (χ4v) is 2.53. The molecule has 0 saturated carbocycles. The molecule has 1 fully saturated rings. The highest BCUT2D eigenvalue weighted by atomic mass is 16.2. The van der Waals surface area contributed by atoms with Gasteiger partial charge in [0.15, 0.2) is 0 Å². The van der Waals surface area contributed by atoms with E-state index in [1.54, 1.807) is 0 Å². The molecule has 1 saturated heterocycles. The highest BCUT2D eigenvalue weighted by Crippen LogP contribution is 2.26. The van der Waals surface area contributed by atoms with Crippen LogP contribution < -0.4 is 10.6 Å². The maximum absolute atomic E-state index is 11.9. The van der Waals surface area contributed by atoms with E-state index in [0.717, 1.165) is 28.9 Å². The highest BCUT2D eigenvalue weighted by Gasteiger charge is 2.23. The molecule has 0 spiro atoms. The second-order valence-corrected chi connectivity index (χ2v) is 5.07. The first kappa shape index (κ1) is 12.9. The molecule has 104 valence electrons. The first-order valence-corrected chi connectivity index (χ1v) is 6.77. The number of rotatable bonds is 2. The lowest BCUT2D eigenvalue weighted by molar-refractivity contribution is -0.124. The minimum Gasteiger partial charge on any atom is -0.353 e. The van der Waals surface area contributed by atoms with Crippen LogP contribution in [0.4, 0.5) is 0 Å². The molecular weight excluding hydrogens is 252 g/mol. The third-order valence-electron chi connectivity index (χ3n) is 3.80. The topological polar surface area (TPSA) is 58.9 Å². The first-order valence-electron chi connectivity index (χ1n) is 6.77. The van der Waals surface area contributed by atoms with Crippen LogP contribution in [0, 0.1) is 6.92 Å². The van der Waals surface area contributed by atoms with Crippen molar-refractivity contribution >= 4 is 5.91 Å². The van der Waals surface area contributed by atoms with Crippen LogP contribution in [0.2, 0.25) is 0 Å². The van der Waals surface area contributed by atoms with Crippen LogP contribution in [0.1, 0.15) is 17.3 Å². The maximum Gasteiger partial charge on any atom is 0.241 e. The molecule has 1 aromatic heterocycles. The normalized spacial score (nSPS) is 18.9. The fourth-order valence-electron chi connectivity index (χ4n) is 2.53. The van der Waals surface area contributed by atoms with Crippen LogP contribution >= 0.6 is 0 Å². The van der Waals surface area contributed by atoms with Crippen molar-refractivity contribution in [2.45, 2.75) is 13.0 Å². The van der Waals surface area contributed by atoms with Crippen molar-refractivity contribution < 1.29 is 4.79 Å². The summed E-state index contributed by atoms with van der Waals surface area (Å²) in [6.45, 7) is 3.53. The second kappa shape index (κ2) is 5.09. The summed E-state index contributed by atoms with van der Waals surface area (Å²) in [5.74, 6) is 0.0382. The van der Waals surface area contributed by atoms with E-state index in [1.807, 2.05) is 43.0 Å². The average Bonchev–Trinajstić information content (AvgIpc) is 2.80. The summed E-state index contributed by atoms with van der Waals surface area (Å²) in [6, 6.07) is 7.82. The number of amides is 1. The average molecular weight is 270 g/mol. The lowest BCUT2D eigenvalue weighted by Gasteiger charge is -2.24. The lowest BCUT2D eigenvalue weighted by Crippen LogP contribution is -2.47. The van der Waals surface area contributed by atoms with Crippen LogP contribution in [-0.2, 0) is 11.8 Å². The molecule has 0 bridgehead atoms. The zero-order valence-electron chi connectivity index (χ0n) is 11.7. The Bertz CT molecular complexity index is 647. The van der Waals surface area contributed by atoms with Gasteiger partial charge < -0.3 is 10.6 Å². The van der Waals surface area contributed by atoms with Gasteiger partial charge in [-0.2, -0.15) is 5.10 Å². The molecule has 0 radical (unpaired) electrons. The van der Waals surface area contributed by atoms with Crippen molar-refractivity contribution in [3.8, 4) is 11.1 Å². The van der Waals surface area contributed by atoms with E-state index >= 15 is 0 Å². The van der Waals surface area contributed by atoms with Crippen molar-refractivity contribution in [1.82, 2.24) is 20.4 Å². The number of piperazine rings is 1. The molecule has 5 heteroatoms. The van der Waals surface area contributed by atoms with Gasteiger partial charge in [-0.05, 0) is 24.1 Å². The Morgan fingerprint density at radius 2 is 2.20 bits per heavy atom. The molecule has 1 unspecified atom stereocenters. The summed E-state index contributed by atoms with van der Waals surface area (Å²) in [5.41, 5.74) is 4.30. The van der Waals surface area contributed by atoms with Gasteiger partial charge in [-0.1, -0.05) is 18.2 Å². The Labute approximate surface area is 118 Å². The molecule has 5 nitrogen and oxygen atoms in total. The molecule has 1 aliphatic heterocycles. The molecule has 1 aliphatic rings. The van der Waals surface area contributed by atoms with Gasteiger partial charge >= 0.3 is 0 Å². The molecule has 2 N–H and O–H groups in total. The predicted octanol–water partition coefficient (Wildman–Crippen LogP) is 1.16. The third kappa shape index (κ3) is 2.20. The molecule has 2 heterocycles. The van der Waals surface area contributed by atoms with Crippen LogP contribution in [-0.4, -0.2) is 28.8 Å². The third-order valence-corrected chi connectivity index (χ3v) is 3.80. The Morgan fingerprint density at radius 1 is 1.35 bits per heavy atom. The Hall–Kier alpha value is -2.14. The number of hydrogen-bond acceptors (Lipinski definition) is 3. The number of benzene rings is 1. The summed E-state index contributed by atoms with van der Waals surface area (Å²) in [6.07, 6.45) is 1.86. The van der Waals surface area contributed by atoms with Crippen LogP contribution in [0.25, 0.3) is 11.1 Å². The van der Waals surface area contributed by atoms with Gasteiger partial charge in [0.25, 0.3) is 0 Å². The monoisotopic (exact) mass is 270 g/mol. The number of nitrogens with one attached hydrogen (secondary N) is 2.